The Bertz CT molecular complexity index is 601. The van der Waals surface area contributed by atoms with Gasteiger partial charge in [-0.1, -0.05) is 17.7 Å². The number of rotatable bonds is 3. The van der Waals surface area contributed by atoms with Crippen molar-refractivity contribution >= 4 is 23.5 Å². The maximum Gasteiger partial charge on any atom is 0.308 e. The predicted octanol–water partition coefficient (Wildman–Crippen LogP) is 2.88. The zero-order valence-corrected chi connectivity index (χ0v) is 12.6. The summed E-state index contributed by atoms with van der Waals surface area (Å²) in [7, 11) is 0. The zero-order valence-electron chi connectivity index (χ0n) is 11.8. The molecule has 4 atom stereocenters. The van der Waals surface area contributed by atoms with Gasteiger partial charge in [0.2, 0.25) is 0 Å². The fourth-order valence-electron chi connectivity index (χ4n) is 3.82. The third-order valence-corrected chi connectivity index (χ3v) is 5.34. The van der Waals surface area contributed by atoms with Crippen LogP contribution in [0.25, 0.3) is 0 Å². The number of benzene rings is 1. The maximum absolute atomic E-state index is 12.3. The van der Waals surface area contributed by atoms with Crippen molar-refractivity contribution in [3.63, 3.8) is 0 Å². The van der Waals surface area contributed by atoms with Crippen molar-refractivity contribution in [1.29, 1.82) is 0 Å². The Balaban J connectivity index is 1.77. The molecule has 4 nitrogen and oxygen atoms in total. The fourth-order valence-corrected chi connectivity index (χ4v) is 4.00. The number of carbonyl (C=O) groups is 2. The van der Waals surface area contributed by atoms with Crippen LogP contribution in [0.3, 0.4) is 0 Å². The van der Waals surface area contributed by atoms with Gasteiger partial charge in [0.15, 0.2) is 0 Å². The molecule has 2 aliphatic rings. The van der Waals surface area contributed by atoms with Crippen LogP contribution in [0.15, 0.2) is 18.2 Å². The van der Waals surface area contributed by atoms with Crippen molar-refractivity contribution in [3.05, 3.63) is 34.3 Å². The zero-order chi connectivity index (χ0) is 15.1. The van der Waals surface area contributed by atoms with E-state index in [4.69, 9.17) is 11.6 Å². The van der Waals surface area contributed by atoms with E-state index in [-0.39, 0.29) is 17.9 Å². The van der Waals surface area contributed by atoms with Crippen molar-refractivity contribution in [2.45, 2.75) is 32.2 Å². The molecule has 0 saturated heterocycles. The first-order chi connectivity index (χ1) is 9.97. The van der Waals surface area contributed by atoms with Gasteiger partial charge in [0.25, 0.3) is 5.91 Å². The number of hydrogen-bond acceptors (Lipinski definition) is 2. The van der Waals surface area contributed by atoms with E-state index in [1.165, 1.54) is 0 Å². The van der Waals surface area contributed by atoms with Crippen molar-refractivity contribution in [1.82, 2.24) is 5.32 Å². The predicted molar refractivity (Wildman–Crippen MR) is 79.4 cm³/mol. The van der Waals surface area contributed by atoms with Crippen LogP contribution >= 0.6 is 11.6 Å². The Morgan fingerprint density at radius 3 is 2.67 bits per heavy atom. The van der Waals surface area contributed by atoms with Gasteiger partial charge < -0.3 is 10.4 Å². The summed E-state index contributed by atoms with van der Waals surface area (Å²) in [6.45, 7) is 1.88. The van der Waals surface area contributed by atoms with Crippen LogP contribution in [0.4, 0.5) is 0 Å². The molecule has 2 N–H and O–H groups in total. The number of aliphatic carboxylic acids is 1. The average Bonchev–Trinajstić information content (AvgIpc) is 3.02. The Morgan fingerprint density at radius 1 is 1.29 bits per heavy atom. The average molecular weight is 308 g/mol. The molecule has 0 radical (unpaired) electrons. The number of fused-ring (bicyclic) bond motifs is 2. The van der Waals surface area contributed by atoms with Crippen molar-refractivity contribution < 1.29 is 14.7 Å². The van der Waals surface area contributed by atoms with Gasteiger partial charge in [-0.05, 0) is 55.7 Å². The van der Waals surface area contributed by atoms with E-state index in [2.05, 4.69) is 5.32 Å². The monoisotopic (exact) mass is 307 g/mol. The van der Waals surface area contributed by atoms with E-state index in [0.717, 1.165) is 24.8 Å². The quantitative estimate of drug-likeness (QED) is 0.902. The number of carboxylic acids is 1. The van der Waals surface area contributed by atoms with Gasteiger partial charge in [-0.15, -0.1) is 0 Å². The van der Waals surface area contributed by atoms with Crippen LogP contribution in [0.2, 0.25) is 5.02 Å². The molecule has 0 heterocycles. The molecule has 3 rings (SSSR count). The summed E-state index contributed by atoms with van der Waals surface area (Å²) < 4.78 is 0. The van der Waals surface area contributed by atoms with E-state index in [9.17, 15) is 14.7 Å². The second kappa shape index (κ2) is 5.34. The molecule has 112 valence electrons. The highest BCUT2D eigenvalue weighted by Gasteiger charge is 2.51. The molecule has 1 aromatic carbocycles. The second-order valence-corrected chi connectivity index (χ2v) is 6.57. The van der Waals surface area contributed by atoms with E-state index >= 15 is 0 Å². The minimum absolute atomic E-state index is 0.208. The van der Waals surface area contributed by atoms with Crippen LogP contribution in [0.1, 0.15) is 35.2 Å². The first kappa shape index (κ1) is 14.4. The summed E-state index contributed by atoms with van der Waals surface area (Å²) in [5.41, 5.74) is 1.40. The second-order valence-electron chi connectivity index (χ2n) is 6.16. The highest BCUT2D eigenvalue weighted by molar-refractivity contribution is 6.31. The van der Waals surface area contributed by atoms with Crippen LogP contribution in [-0.4, -0.2) is 23.0 Å². The molecule has 1 aromatic rings. The van der Waals surface area contributed by atoms with Gasteiger partial charge in [0, 0.05) is 16.6 Å². The molecule has 0 aliphatic heterocycles. The number of carbonyl (C=O) groups excluding carboxylic acids is 1. The summed E-state index contributed by atoms with van der Waals surface area (Å²) in [6.07, 6.45) is 2.88. The van der Waals surface area contributed by atoms with Crippen LogP contribution in [0, 0.1) is 24.7 Å². The first-order valence-electron chi connectivity index (χ1n) is 7.27. The Morgan fingerprint density at radius 2 is 2.00 bits per heavy atom. The van der Waals surface area contributed by atoms with Gasteiger partial charge in [-0.25, -0.2) is 0 Å². The molecular weight excluding hydrogens is 290 g/mol. The van der Waals surface area contributed by atoms with E-state index in [0.29, 0.717) is 16.5 Å². The molecule has 4 unspecified atom stereocenters. The van der Waals surface area contributed by atoms with E-state index in [1.807, 2.05) is 6.92 Å². The van der Waals surface area contributed by atoms with Gasteiger partial charge in [-0.3, -0.25) is 9.59 Å². The molecule has 2 saturated carbocycles. The first-order valence-corrected chi connectivity index (χ1v) is 7.65. The summed E-state index contributed by atoms with van der Waals surface area (Å²) >= 11 is 6.04. The van der Waals surface area contributed by atoms with Crippen LogP contribution in [0.5, 0.6) is 0 Å². The number of hydrogen-bond donors (Lipinski definition) is 2. The third-order valence-electron chi connectivity index (χ3n) is 4.93. The number of aryl methyl sites for hydroxylation is 1. The minimum atomic E-state index is -0.797. The van der Waals surface area contributed by atoms with Gasteiger partial charge in [0.1, 0.15) is 0 Å². The highest BCUT2D eigenvalue weighted by Crippen LogP contribution is 2.48. The minimum Gasteiger partial charge on any atom is -0.481 e. The molecular formula is C16H18ClNO3. The van der Waals surface area contributed by atoms with Gasteiger partial charge >= 0.3 is 5.97 Å². The van der Waals surface area contributed by atoms with Crippen LogP contribution < -0.4 is 5.32 Å². The Kier molecular flexibility index (Phi) is 3.66. The number of nitrogens with one attached hydrogen (secondary N) is 1. The van der Waals surface area contributed by atoms with Crippen molar-refractivity contribution in [3.8, 4) is 0 Å². The van der Waals surface area contributed by atoms with Crippen molar-refractivity contribution in [2.75, 3.05) is 0 Å². The Labute approximate surface area is 128 Å². The molecule has 21 heavy (non-hydrogen) atoms. The highest BCUT2D eigenvalue weighted by atomic mass is 35.5. The summed E-state index contributed by atoms with van der Waals surface area (Å²) in [4.78, 5) is 23.8. The molecule has 2 bridgehead atoms. The normalized spacial score (nSPS) is 30.4. The summed E-state index contributed by atoms with van der Waals surface area (Å²) in [5, 5.41) is 12.9. The third kappa shape index (κ3) is 2.53. The lowest BCUT2D eigenvalue weighted by Crippen LogP contribution is -2.46. The molecule has 1 amide bonds. The standard InChI is InChI=1S/C16H18ClNO3/c1-8-2-3-11(7-12(8)17)15(19)18-14-10-5-4-9(6-10)13(14)16(20)21/h2-3,7,9-10,13-14H,4-6H2,1H3,(H,18,19)(H,20,21). The SMILES string of the molecule is Cc1ccc(C(=O)NC2C3CCC(C3)C2C(=O)O)cc1Cl. The molecule has 0 spiro atoms. The number of halogens is 1. The summed E-state index contributed by atoms with van der Waals surface area (Å²) in [5.74, 6) is -0.982. The van der Waals surface area contributed by atoms with E-state index in [1.54, 1.807) is 18.2 Å². The lowest BCUT2D eigenvalue weighted by molar-refractivity contribution is -0.144. The molecule has 2 fully saturated rings. The smallest absolute Gasteiger partial charge is 0.308 e. The lowest BCUT2D eigenvalue weighted by Gasteiger charge is -2.28. The molecule has 2 aliphatic carbocycles. The largest absolute Gasteiger partial charge is 0.481 e. The van der Waals surface area contributed by atoms with Crippen LogP contribution in [-0.2, 0) is 4.79 Å². The van der Waals surface area contributed by atoms with Crippen molar-refractivity contribution in [2.24, 2.45) is 17.8 Å². The summed E-state index contributed by atoms with van der Waals surface area (Å²) in [6, 6.07) is 4.90. The Hall–Kier alpha value is -1.55. The van der Waals surface area contributed by atoms with Gasteiger partial charge in [0.05, 0.1) is 5.92 Å². The maximum atomic E-state index is 12.3. The lowest BCUT2D eigenvalue weighted by atomic mass is 9.84. The molecule has 0 aromatic heterocycles. The van der Waals surface area contributed by atoms with Gasteiger partial charge in [-0.2, -0.15) is 0 Å². The van der Waals surface area contributed by atoms with E-state index < -0.39 is 11.9 Å². The number of carboxylic acid groups (broad SMARTS) is 1. The fraction of sp³-hybridized carbons (Fsp3) is 0.500. The number of amides is 1. The molecule has 5 heteroatoms. The topological polar surface area (TPSA) is 66.4 Å².